The molecule has 0 aliphatic rings. The van der Waals surface area contributed by atoms with Crippen LogP contribution in [0, 0.1) is 18.7 Å². The van der Waals surface area contributed by atoms with Gasteiger partial charge in [0.25, 0.3) is 0 Å². The molecule has 0 fully saturated rings. The van der Waals surface area contributed by atoms with Crippen LogP contribution in [0.1, 0.15) is 12.5 Å². The molecule has 3 nitrogen and oxygen atoms in total. The molecular weight excluding hydrogens is 243 g/mol. The van der Waals surface area contributed by atoms with Crippen LogP contribution < -0.4 is 10.6 Å². The van der Waals surface area contributed by atoms with Gasteiger partial charge in [-0.3, -0.25) is 4.79 Å². The summed E-state index contributed by atoms with van der Waals surface area (Å²) in [6, 6.07) is 4.65. The monoisotopic (exact) mass is 260 g/mol. The van der Waals surface area contributed by atoms with E-state index < -0.39 is 5.82 Å². The molecular formula is C12H18ClFN2O. The molecule has 0 radical (unpaired) electrons. The number of hydrogen-bond donors (Lipinski definition) is 2. The first-order valence-corrected chi connectivity index (χ1v) is 5.26. The fourth-order valence-electron chi connectivity index (χ4n) is 1.39. The number of rotatable bonds is 4. The Bertz CT molecular complexity index is 385. The molecule has 1 atom stereocenters. The normalized spacial score (nSPS) is 11.5. The van der Waals surface area contributed by atoms with E-state index in [4.69, 9.17) is 0 Å². The molecule has 1 rings (SSSR count). The number of benzene rings is 1. The van der Waals surface area contributed by atoms with E-state index in [0.717, 1.165) is 5.56 Å². The second-order valence-electron chi connectivity index (χ2n) is 3.93. The molecule has 1 aromatic rings. The van der Waals surface area contributed by atoms with Crippen LogP contribution in [0.15, 0.2) is 18.2 Å². The third-order valence-electron chi connectivity index (χ3n) is 2.34. The van der Waals surface area contributed by atoms with Crippen LogP contribution in [0.25, 0.3) is 0 Å². The summed E-state index contributed by atoms with van der Waals surface area (Å²) in [5.41, 5.74) is 1.16. The molecule has 1 amide bonds. The molecule has 2 N–H and O–H groups in total. The average molecular weight is 261 g/mol. The molecule has 0 aliphatic heterocycles. The van der Waals surface area contributed by atoms with Crippen molar-refractivity contribution >= 4 is 24.0 Å². The van der Waals surface area contributed by atoms with E-state index in [2.05, 4.69) is 10.6 Å². The number of hydrogen-bond acceptors (Lipinski definition) is 2. The Morgan fingerprint density at radius 3 is 2.71 bits per heavy atom. The highest BCUT2D eigenvalue weighted by atomic mass is 35.5. The highest BCUT2D eigenvalue weighted by molar-refractivity contribution is 5.92. The number of carbonyl (C=O) groups excluding carboxylic acids is 1. The first-order chi connectivity index (χ1) is 7.54. The van der Waals surface area contributed by atoms with E-state index in [1.54, 1.807) is 26.1 Å². The molecule has 0 bridgehead atoms. The van der Waals surface area contributed by atoms with Gasteiger partial charge in [-0.2, -0.15) is 0 Å². The van der Waals surface area contributed by atoms with Crippen LogP contribution >= 0.6 is 12.4 Å². The third kappa shape index (κ3) is 4.71. The topological polar surface area (TPSA) is 41.1 Å². The number of carbonyl (C=O) groups is 1. The number of aryl methyl sites for hydroxylation is 1. The lowest BCUT2D eigenvalue weighted by Crippen LogP contribution is -2.28. The molecule has 5 heteroatoms. The molecule has 0 heterocycles. The highest BCUT2D eigenvalue weighted by Crippen LogP contribution is 2.16. The summed E-state index contributed by atoms with van der Waals surface area (Å²) in [6.07, 6.45) is 0. The zero-order valence-electron chi connectivity index (χ0n) is 10.2. The first kappa shape index (κ1) is 15.9. The van der Waals surface area contributed by atoms with Gasteiger partial charge < -0.3 is 10.6 Å². The third-order valence-corrected chi connectivity index (χ3v) is 2.34. The maximum absolute atomic E-state index is 13.3. The largest absolute Gasteiger partial charge is 0.323 e. The highest BCUT2D eigenvalue weighted by Gasteiger charge is 2.13. The predicted molar refractivity (Wildman–Crippen MR) is 70.1 cm³/mol. The summed E-state index contributed by atoms with van der Waals surface area (Å²) in [6.45, 7) is 4.21. The fourth-order valence-corrected chi connectivity index (χ4v) is 1.39. The molecule has 17 heavy (non-hydrogen) atoms. The van der Waals surface area contributed by atoms with Gasteiger partial charge in [-0.1, -0.05) is 13.0 Å². The number of anilines is 1. The molecule has 96 valence electrons. The van der Waals surface area contributed by atoms with Gasteiger partial charge in [-0.25, -0.2) is 4.39 Å². The minimum Gasteiger partial charge on any atom is -0.323 e. The molecule has 0 saturated carbocycles. The van der Waals surface area contributed by atoms with Gasteiger partial charge in [0, 0.05) is 12.5 Å². The van der Waals surface area contributed by atoms with Gasteiger partial charge in [0.2, 0.25) is 5.91 Å². The Hall–Kier alpha value is -1.13. The average Bonchev–Trinajstić information content (AvgIpc) is 2.23. The van der Waals surface area contributed by atoms with E-state index in [1.807, 2.05) is 6.92 Å². The Labute approximate surface area is 107 Å². The van der Waals surface area contributed by atoms with Crippen molar-refractivity contribution in [3.8, 4) is 0 Å². The second kappa shape index (κ2) is 7.25. The Kier molecular flexibility index (Phi) is 6.76. The molecule has 0 aliphatic carbocycles. The SMILES string of the molecule is CNCC(C)C(=O)Nc1cc(C)ccc1F.Cl. The van der Waals surface area contributed by atoms with Crippen LogP contribution in [-0.4, -0.2) is 19.5 Å². The molecule has 1 aromatic carbocycles. The van der Waals surface area contributed by atoms with Gasteiger partial charge >= 0.3 is 0 Å². The zero-order chi connectivity index (χ0) is 12.1. The van der Waals surface area contributed by atoms with E-state index in [1.165, 1.54) is 6.07 Å². The van der Waals surface area contributed by atoms with Gasteiger partial charge in [0.15, 0.2) is 0 Å². The maximum Gasteiger partial charge on any atom is 0.228 e. The summed E-state index contributed by atoms with van der Waals surface area (Å²) >= 11 is 0. The first-order valence-electron chi connectivity index (χ1n) is 5.26. The van der Waals surface area contributed by atoms with Crippen molar-refractivity contribution in [3.63, 3.8) is 0 Å². The Balaban J connectivity index is 0.00000256. The van der Waals surface area contributed by atoms with Gasteiger partial charge in [-0.05, 0) is 31.7 Å². The van der Waals surface area contributed by atoms with Crippen LogP contribution in [0.3, 0.4) is 0 Å². The van der Waals surface area contributed by atoms with Gasteiger partial charge in [0.1, 0.15) is 5.82 Å². The van der Waals surface area contributed by atoms with Crippen LogP contribution in [0.4, 0.5) is 10.1 Å². The van der Waals surface area contributed by atoms with Crippen molar-refractivity contribution in [3.05, 3.63) is 29.6 Å². The molecule has 1 unspecified atom stereocenters. The minimum atomic E-state index is -0.407. The van der Waals surface area contributed by atoms with Crippen molar-refractivity contribution in [2.45, 2.75) is 13.8 Å². The summed E-state index contributed by atoms with van der Waals surface area (Å²) in [5.74, 6) is -0.778. The smallest absolute Gasteiger partial charge is 0.228 e. The number of nitrogens with one attached hydrogen (secondary N) is 2. The van der Waals surface area contributed by atoms with Crippen molar-refractivity contribution in [2.24, 2.45) is 5.92 Å². The maximum atomic E-state index is 13.3. The molecule has 0 spiro atoms. The Morgan fingerprint density at radius 2 is 2.12 bits per heavy atom. The van der Waals surface area contributed by atoms with Crippen LogP contribution in [0.2, 0.25) is 0 Å². The van der Waals surface area contributed by atoms with Crippen LogP contribution in [-0.2, 0) is 4.79 Å². The summed E-state index contributed by atoms with van der Waals surface area (Å²) in [4.78, 5) is 11.6. The fraction of sp³-hybridized carbons (Fsp3) is 0.417. The lowest BCUT2D eigenvalue weighted by atomic mass is 10.1. The predicted octanol–water partition coefficient (Wildman–Crippen LogP) is 2.35. The number of halogens is 2. The zero-order valence-corrected chi connectivity index (χ0v) is 11.0. The molecule has 0 saturated heterocycles. The summed E-state index contributed by atoms with van der Waals surface area (Å²) < 4.78 is 13.3. The van der Waals surface area contributed by atoms with Crippen molar-refractivity contribution in [2.75, 3.05) is 18.9 Å². The van der Waals surface area contributed by atoms with Crippen molar-refractivity contribution < 1.29 is 9.18 Å². The van der Waals surface area contributed by atoms with Gasteiger partial charge in [0.05, 0.1) is 5.69 Å². The summed E-state index contributed by atoms with van der Waals surface area (Å²) in [5, 5.41) is 5.49. The van der Waals surface area contributed by atoms with Crippen molar-refractivity contribution in [1.82, 2.24) is 5.32 Å². The number of amides is 1. The summed E-state index contributed by atoms with van der Waals surface area (Å²) in [7, 11) is 1.77. The van der Waals surface area contributed by atoms with E-state index in [9.17, 15) is 9.18 Å². The van der Waals surface area contributed by atoms with E-state index in [0.29, 0.717) is 6.54 Å². The lowest BCUT2D eigenvalue weighted by molar-refractivity contribution is -0.119. The standard InChI is InChI=1S/C12H17FN2O.ClH/c1-8-4-5-10(13)11(6-8)15-12(16)9(2)7-14-3;/h4-6,9,14H,7H2,1-3H3,(H,15,16);1H. The van der Waals surface area contributed by atoms with Crippen LogP contribution in [0.5, 0.6) is 0 Å². The lowest BCUT2D eigenvalue weighted by Gasteiger charge is -2.12. The minimum absolute atomic E-state index is 0. The quantitative estimate of drug-likeness (QED) is 0.873. The molecule has 0 aromatic heterocycles. The van der Waals surface area contributed by atoms with Gasteiger partial charge in [-0.15, -0.1) is 12.4 Å². The van der Waals surface area contributed by atoms with Crippen molar-refractivity contribution in [1.29, 1.82) is 0 Å². The Morgan fingerprint density at radius 1 is 1.47 bits per heavy atom. The van der Waals surface area contributed by atoms with E-state index >= 15 is 0 Å². The van der Waals surface area contributed by atoms with E-state index in [-0.39, 0.29) is 29.9 Å². The second-order valence-corrected chi connectivity index (χ2v) is 3.93.